The third-order valence-corrected chi connectivity index (χ3v) is 3.27. The van der Waals surface area contributed by atoms with Crippen molar-refractivity contribution in [1.82, 2.24) is 9.78 Å². The summed E-state index contributed by atoms with van der Waals surface area (Å²) in [5.41, 5.74) is 2.57. The lowest BCUT2D eigenvalue weighted by Crippen LogP contribution is -2.00. The Bertz CT molecular complexity index is 548. The zero-order valence-electron chi connectivity index (χ0n) is 9.97. The van der Waals surface area contributed by atoms with Crippen LogP contribution < -0.4 is 0 Å². The number of aryl methyl sites for hydroxylation is 1. The Morgan fingerprint density at radius 3 is 2.56 bits per heavy atom. The second-order valence-corrected chi connectivity index (χ2v) is 4.47. The first kappa shape index (κ1) is 11.7. The van der Waals surface area contributed by atoms with Gasteiger partial charge in [-0.3, -0.25) is 0 Å². The van der Waals surface area contributed by atoms with Gasteiger partial charge in [0.15, 0.2) is 6.29 Å². The lowest BCUT2D eigenvalue weighted by molar-refractivity contribution is -0.0444. The van der Waals surface area contributed by atoms with E-state index in [2.05, 4.69) is 5.10 Å². The van der Waals surface area contributed by atoms with Crippen molar-refractivity contribution in [3.63, 3.8) is 0 Å². The van der Waals surface area contributed by atoms with Crippen molar-refractivity contribution in [2.24, 2.45) is 0 Å². The Morgan fingerprint density at radius 2 is 1.89 bits per heavy atom. The number of aromatic nitrogens is 2. The maximum absolute atomic E-state index is 6.38. The van der Waals surface area contributed by atoms with E-state index in [0.717, 1.165) is 16.9 Å². The summed E-state index contributed by atoms with van der Waals surface area (Å²) in [5.74, 6) is 0. The van der Waals surface area contributed by atoms with Crippen LogP contribution in [0.5, 0.6) is 0 Å². The topological polar surface area (TPSA) is 36.3 Å². The van der Waals surface area contributed by atoms with Crippen molar-refractivity contribution in [3.05, 3.63) is 46.7 Å². The van der Waals surface area contributed by atoms with Gasteiger partial charge in [0.05, 0.1) is 30.2 Å². The van der Waals surface area contributed by atoms with E-state index in [0.29, 0.717) is 18.4 Å². The van der Waals surface area contributed by atoms with E-state index in [1.54, 1.807) is 4.68 Å². The van der Waals surface area contributed by atoms with Gasteiger partial charge in [-0.25, -0.2) is 4.68 Å². The summed E-state index contributed by atoms with van der Waals surface area (Å²) in [6, 6.07) is 9.77. The van der Waals surface area contributed by atoms with Gasteiger partial charge in [0.1, 0.15) is 5.15 Å². The van der Waals surface area contributed by atoms with Crippen LogP contribution in [0.15, 0.2) is 30.3 Å². The molecular weight excluding hydrogens is 252 g/mol. The second-order valence-electron chi connectivity index (χ2n) is 4.11. The summed E-state index contributed by atoms with van der Waals surface area (Å²) in [6.45, 7) is 3.10. The number of hydrogen-bond acceptors (Lipinski definition) is 3. The standard InChI is InChI=1S/C13H13ClN2O2/c1-9-11(13-17-7-8-18-13)12(14)16(15-9)10-5-3-2-4-6-10/h2-6,13H,7-8H2,1H3. The first-order chi connectivity index (χ1) is 8.77. The fourth-order valence-electron chi connectivity index (χ4n) is 2.04. The third kappa shape index (κ3) is 1.92. The molecule has 3 rings (SSSR count). The molecule has 94 valence electrons. The van der Waals surface area contributed by atoms with E-state index in [1.807, 2.05) is 37.3 Å². The molecule has 2 heterocycles. The highest BCUT2D eigenvalue weighted by atomic mass is 35.5. The molecule has 1 saturated heterocycles. The number of hydrogen-bond donors (Lipinski definition) is 0. The van der Waals surface area contributed by atoms with Crippen LogP contribution in [0.1, 0.15) is 17.5 Å². The molecule has 0 unspecified atom stereocenters. The van der Waals surface area contributed by atoms with Crippen molar-refractivity contribution in [2.45, 2.75) is 13.2 Å². The molecule has 0 aliphatic carbocycles. The predicted octanol–water partition coefficient (Wildman–Crippen LogP) is 2.88. The molecule has 0 radical (unpaired) electrons. The lowest BCUT2D eigenvalue weighted by Gasteiger charge is -2.08. The van der Waals surface area contributed by atoms with E-state index in [1.165, 1.54) is 0 Å². The van der Waals surface area contributed by atoms with Gasteiger partial charge in [-0.1, -0.05) is 29.8 Å². The van der Waals surface area contributed by atoms with Gasteiger partial charge in [0, 0.05) is 0 Å². The molecule has 1 aromatic heterocycles. The molecule has 4 nitrogen and oxygen atoms in total. The number of halogens is 1. The Hall–Kier alpha value is -1.36. The highest BCUT2D eigenvalue weighted by Gasteiger charge is 2.27. The first-order valence-electron chi connectivity index (χ1n) is 5.81. The van der Waals surface area contributed by atoms with Crippen LogP contribution in [0.2, 0.25) is 5.15 Å². The van der Waals surface area contributed by atoms with Crippen LogP contribution in [0.25, 0.3) is 5.69 Å². The maximum Gasteiger partial charge on any atom is 0.188 e. The lowest BCUT2D eigenvalue weighted by atomic mass is 10.2. The monoisotopic (exact) mass is 264 g/mol. The summed E-state index contributed by atoms with van der Waals surface area (Å²) in [4.78, 5) is 0. The van der Waals surface area contributed by atoms with Crippen LogP contribution in [0, 0.1) is 6.92 Å². The fraction of sp³-hybridized carbons (Fsp3) is 0.308. The van der Waals surface area contributed by atoms with Gasteiger partial charge < -0.3 is 9.47 Å². The molecular formula is C13H13ClN2O2. The smallest absolute Gasteiger partial charge is 0.188 e. The van der Waals surface area contributed by atoms with E-state index in [9.17, 15) is 0 Å². The fourth-order valence-corrected chi connectivity index (χ4v) is 2.41. The van der Waals surface area contributed by atoms with Gasteiger partial charge in [0.25, 0.3) is 0 Å². The van der Waals surface area contributed by atoms with Gasteiger partial charge in [-0.15, -0.1) is 0 Å². The second kappa shape index (κ2) is 4.72. The minimum atomic E-state index is -0.394. The summed E-state index contributed by atoms with van der Waals surface area (Å²) in [5, 5.41) is 5.00. The molecule has 0 saturated carbocycles. The molecule has 1 fully saturated rings. The average molecular weight is 265 g/mol. The highest BCUT2D eigenvalue weighted by molar-refractivity contribution is 6.30. The van der Waals surface area contributed by atoms with Crippen molar-refractivity contribution in [1.29, 1.82) is 0 Å². The van der Waals surface area contributed by atoms with E-state index in [4.69, 9.17) is 21.1 Å². The molecule has 0 atom stereocenters. The Balaban J connectivity index is 2.05. The Morgan fingerprint density at radius 1 is 1.22 bits per heavy atom. The molecule has 1 aromatic carbocycles. The number of para-hydroxylation sites is 1. The van der Waals surface area contributed by atoms with Crippen molar-refractivity contribution >= 4 is 11.6 Å². The number of ether oxygens (including phenoxy) is 2. The zero-order valence-corrected chi connectivity index (χ0v) is 10.7. The highest BCUT2D eigenvalue weighted by Crippen LogP contribution is 2.33. The number of rotatable bonds is 2. The average Bonchev–Trinajstić information content (AvgIpc) is 2.99. The zero-order chi connectivity index (χ0) is 12.5. The molecule has 0 bridgehead atoms. The van der Waals surface area contributed by atoms with Crippen molar-refractivity contribution in [3.8, 4) is 5.69 Å². The van der Waals surface area contributed by atoms with Crippen LogP contribution in [0.3, 0.4) is 0 Å². The minimum absolute atomic E-state index is 0.394. The molecule has 18 heavy (non-hydrogen) atoms. The summed E-state index contributed by atoms with van der Waals surface area (Å²) in [7, 11) is 0. The number of benzene rings is 1. The quantitative estimate of drug-likeness (QED) is 0.837. The van der Waals surface area contributed by atoms with E-state index >= 15 is 0 Å². The molecule has 0 spiro atoms. The predicted molar refractivity (Wildman–Crippen MR) is 68.0 cm³/mol. The normalized spacial score (nSPS) is 16.3. The maximum atomic E-state index is 6.38. The molecule has 0 N–H and O–H groups in total. The van der Waals surface area contributed by atoms with Gasteiger partial charge in [0.2, 0.25) is 0 Å². The van der Waals surface area contributed by atoms with Crippen LogP contribution in [-0.4, -0.2) is 23.0 Å². The molecule has 0 amide bonds. The van der Waals surface area contributed by atoms with E-state index < -0.39 is 6.29 Å². The first-order valence-corrected chi connectivity index (χ1v) is 6.19. The van der Waals surface area contributed by atoms with Crippen LogP contribution in [0.4, 0.5) is 0 Å². The van der Waals surface area contributed by atoms with Gasteiger partial charge >= 0.3 is 0 Å². The van der Waals surface area contributed by atoms with Gasteiger partial charge in [-0.2, -0.15) is 5.10 Å². The molecule has 1 aliphatic heterocycles. The van der Waals surface area contributed by atoms with Crippen LogP contribution >= 0.6 is 11.6 Å². The minimum Gasteiger partial charge on any atom is -0.346 e. The molecule has 1 aliphatic rings. The summed E-state index contributed by atoms with van der Waals surface area (Å²) < 4.78 is 12.7. The molecule has 2 aromatic rings. The Labute approximate surface area is 110 Å². The number of nitrogens with zero attached hydrogens (tertiary/aromatic N) is 2. The largest absolute Gasteiger partial charge is 0.346 e. The summed E-state index contributed by atoms with van der Waals surface area (Å²) >= 11 is 6.38. The molecule has 5 heteroatoms. The van der Waals surface area contributed by atoms with Crippen molar-refractivity contribution in [2.75, 3.05) is 13.2 Å². The third-order valence-electron chi connectivity index (χ3n) is 2.91. The Kier molecular flexibility index (Phi) is 3.07. The summed E-state index contributed by atoms with van der Waals surface area (Å²) in [6.07, 6.45) is -0.394. The van der Waals surface area contributed by atoms with Crippen LogP contribution in [-0.2, 0) is 9.47 Å². The van der Waals surface area contributed by atoms with E-state index in [-0.39, 0.29) is 0 Å². The van der Waals surface area contributed by atoms with Gasteiger partial charge in [-0.05, 0) is 19.1 Å². The SMILES string of the molecule is Cc1nn(-c2ccccc2)c(Cl)c1C1OCCO1. The van der Waals surface area contributed by atoms with Crippen molar-refractivity contribution < 1.29 is 9.47 Å².